The van der Waals surface area contributed by atoms with Gasteiger partial charge in [0.15, 0.2) is 0 Å². The molecule has 3 aliphatic heterocycles. The van der Waals surface area contributed by atoms with Crippen LogP contribution in [0.15, 0.2) is 48.5 Å². The number of carbonyl (C=O) groups excluding carboxylic acids is 3. The molecule has 3 aliphatic rings. The highest BCUT2D eigenvalue weighted by atomic mass is 35.5. The average molecular weight is 598 g/mol. The van der Waals surface area contributed by atoms with Crippen molar-refractivity contribution in [2.45, 2.75) is 70.1 Å². The number of nitrogens with zero attached hydrogens (tertiary/aromatic N) is 1. The van der Waals surface area contributed by atoms with E-state index < -0.39 is 29.1 Å². The molecule has 2 bridgehead atoms. The van der Waals surface area contributed by atoms with E-state index in [4.69, 9.17) is 26.2 Å². The summed E-state index contributed by atoms with van der Waals surface area (Å²) < 4.78 is 12.3. The van der Waals surface area contributed by atoms with Crippen molar-refractivity contribution >= 4 is 40.7 Å². The molecule has 5 rings (SSSR count). The summed E-state index contributed by atoms with van der Waals surface area (Å²) in [4.78, 5) is 43.9. The Labute approximate surface area is 251 Å². The summed E-state index contributed by atoms with van der Waals surface area (Å²) >= 11 is 6.37. The van der Waals surface area contributed by atoms with Gasteiger partial charge in [-0.25, -0.2) is 0 Å². The topological polar surface area (TPSA) is 117 Å². The second kappa shape index (κ2) is 12.2. The molecule has 0 radical (unpaired) electrons. The van der Waals surface area contributed by atoms with E-state index in [1.807, 2.05) is 20.8 Å². The minimum absolute atomic E-state index is 0.0715. The first-order chi connectivity index (χ1) is 20.2. The number of rotatable bonds is 12. The van der Waals surface area contributed by atoms with Crippen LogP contribution in [0.4, 0.5) is 11.4 Å². The standard InChI is InChI=1S/C32H40ClN3O6/c1-4-41-22-15-13-21(14-16-22)34-28(38)25-26-30(40)36(17-9-5-6-10-18-37)27(32(26)19-20(2)31(25,3)42-32)29(39)35-24-12-8-7-11-23(24)33/h7-8,11-16,20,25-27,37H,4-6,9-10,17-19H2,1-3H3,(H,34,38)(H,35,39)/t20?,25-,26-,27?,31+,32?/m0/s1. The lowest BCUT2D eigenvalue weighted by Crippen LogP contribution is -2.54. The van der Waals surface area contributed by atoms with E-state index in [-0.39, 0.29) is 30.2 Å². The number of amides is 3. The van der Waals surface area contributed by atoms with Crippen molar-refractivity contribution in [3.63, 3.8) is 0 Å². The van der Waals surface area contributed by atoms with Crippen molar-refractivity contribution in [3.05, 3.63) is 53.6 Å². The van der Waals surface area contributed by atoms with E-state index in [9.17, 15) is 14.4 Å². The lowest BCUT2D eigenvalue weighted by atomic mass is 9.62. The van der Waals surface area contributed by atoms with Crippen LogP contribution in [0.2, 0.25) is 5.02 Å². The Morgan fingerprint density at radius 2 is 1.79 bits per heavy atom. The van der Waals surface area contributed by atoms with Crippen molar-refractivity contribution in [2.75, 3.05) is 30.4 Å². The summed E-state index contributed by atoms with van der Waals surface area (Å²) in [5.41, 5.74) is -1.03. The number of anilines is 2. The lowest BCUT2D eigenvalue weighted by Gasteiger charge is -2.36. The molecular formula is C32H40ClN3O6. The highest BCUT2D eigenvalue weighted by Crippen LogP contribution is 2.65. The Hall–Kier alpha value is -3.14. The van der Waals surface area contributed by atoms with Gasteiger partial charge in [0.25, 0.3) is 0 Å². The molecule has 3 unspecified atom stereocenters. The summed E-state index contributed by atoms with van der Waals surface area (Å²) in [6.45, 7) is 6.82. The molecule has 3 heterocycles. The molecule has 0 aliphatic carbocycles. The zero-order valence-electron chi connectivity index (χ0n) is 24.4. The molecule has 1 spiro atoms. The van der Waals surface area contributed by atoms with Gasteiger partial charge in [-0.15, -0.1) is 0 Å². The van der Waals surface area contributed by atoms with E-state index in [1.54, 1.807) is 53.4 Å². The first-order valence-electron chi connectivity index (χ1n) is 14.9. The molecule has 3 N–H and O–H groups in total. The van der Waals surface area contributed by atoms with E-state index >= 15 is 0 Å². The van der Waals surface area contributed by atoms with Crippen LogP contribution >= 0.6 is 11.6 Å². The fourth-order valence-corrected chi connectivity index (χ4v) is 7.39. The van der Waals surface area contributed by atoms with Crippen LogP contribution in [-0.4, -0.2) is 64.7 Å². The predicted octanol–water partition coefficient (Wildman–Crippen LogP) is 4.88. The summed E-state index contributed by atoms with van der Waals surface area (Å²) in [5.74, 6) is -1.87. The van der Waals surface area contributed by atoms with Crippen molar-refractivity contribution in [3.8, 4) is 5.75 Å². The number of hydrogen-bond donors (Lipinski definition) is 3. The van der Waals surface area contributed by atoms with Gasteiger partial charge in [0.05, 0.1) is 34.8 Å². The van der Waals surface area contributed by atoms with Crippen LogP contribution in [-0.2, 0) is 19.1 Å². The number of nitrogens with one attached hydrogen (secondary N) is 2. The molecule has 2 aromatic rings. The van der Waals surface area contributed by atoms with Gasteiger partial charge in [-0.05, 0) is 75.4 Å². The fourth-order valence-electron chi connectivity index (χ4n) is 7.21. The Bertz CT molecular complexity index is 1320. The number of carbonyl (C=O) groups is 3. The van der Waals surface area contributed by atoms with Gasteiger partial charge in [-0.2, -0.15) is 0 Å². The van der Waals surface area contributed by atoms with Gasteiger partial charge in [-0.1, -0.05) is 43.5 Å². The molecule has 10 heteroatoms. The van der Waals surface area contributed by atoms with Gasteiger partial charge >= 0.3 is 0 Å². The zero-order valence-corrected chi connectivity index (χ0v) is 25.2. The number of fused-ring (bicyclic) bond motifs is 1. The van der Waals surface area contributed by atoms with E-state index in [1.165, 1.54) is 0 Å². The third kappa shape index (κ3) is 5.27. The molecule has 3 fully saturated rings. The fraction of sp³-hybridized carbons (Fsp3) is 0.531. The van der Waals surface area contributed by atoms with Crippen LogP contribution in [0, 0.1) is 17.8 Å². The molecule has 0 saturated carbocycles. The van der Waals surface area contributed by atoms with Crippen LogP contribution in [0.5, 0.6) is 5.75 Å². The number of hydrogen-bond acceptors (Lipinski definition) is 6. The lowest BCUT2D eigenvalue weighted by molar-refractivity contribution is -0.144. The molecule has 9 nitrogen and oxygen atoms in total. The molecule has 0 aromatic heterocycles. The Morgan fingerprint density at radius 1 is 1.07 bits per heavy atom. The maximum absolute atomic E-state index is 14.3. The minimum Gasteiger partial charge on any atom is -0.494 e. The molecule has 3 saturated heterocycles. The van der Waals surface area contributed by atoms with Gasteiger partial charge in [-0.3, -0.25) is 14.4 Å². The van der Waals surface area contributed by atoms with Crippen LogP contribution < -0.4 is 15.4 Å². The number of benzene rings is 2. The second-order valence-corrected chi connectivity index (χ2v) is 12.2. The second-order valence-electron chi connectivity index (χ2n) is 11.8. The number of unbranched alkanes of at least 4 members (excludes halogenated alkanes) is 3. The molecule has 6 atom stereocenters. The third-order valence-corrected chi connectivity index (χ3v) is 9.55. The Balaban J connectivity index is 1.46. The summed E-state index contributed by atoms with van der Waals surface area (Å²) in [7, 11) is 0. The SMILES string of the molecule is CCOc1ccc(NC(=O)[C@@H]2[C@H]3C(=O)N(CCCCCCO)C(C(=O)Nc4ccccc4Cl)C34CC(C)[C@@]2(C)O4)cc1. The maximum Gasteiger partial charge on any atom is 0.250 e. The number of para-hydroxylation sites is 1. The molecule has 3 amide bonds. The van der Waals surface area contributed by atoms with Crippen molar-refractivity contribution < 1.29 is 29.0 Å². The van der Waals surface area contributed by atoms with Crippen LogP contribution in [0.3, 0.4) is 0 Å². The predicted molar refractivity (Wildman–Crippen MR) is 160 cm³/mol. The number of aliphatic hydroxyl groups is 1. The van der Waals surface area contributed by atoms with Crippen molar-refractivity contribution in [2.24, 2.45) is 17.8 Å². The normalized spacial score (nSPS) is 29.5. The highest BCUT2D eigenvalue weighted by molar-refractivity contribution is 6.33. The number of ether oxygens (including phenoxy) is 2. The number of likely N-dealkylation sites (tertiary alicyclic amines) is 1. The smallest absolute Gasteiger partial charge is 0.250 e. The van der Waals surface area contributed by atoms with Gasteiger partial charge in [0.2, 0.25) is 17.7 Å². The van der Waals surface area contributed by atoms with Gasteiger partial charge in [0, 0.05) is 18.8 Å². The third-order valence-electron chi connectivity index (χ3n) is 9.22. The van der Waals surface area contributed by atoms with Gasteiger partial charge < -0.3 is 30.1 Å². The molecule has 2 aromatic carbocycles. The Morgan fingerprint density at radius 3 is 2.48 bits per heavy atom. The monoisotopic (exact) mass is 597 g/mol. The molecule has 42 heavy (non-hydrogen) atoms. The first-order valence-corrected chi connectivity index (χ1v) is 15.2. The Kier molecular flexibility index (Phi) is 8.83. The van der Waals surface area contributed by atoms with Crippen molar-refractivity contribution in [1.29, 1.82) is 0 Å². The van der Waals surface area contributed by atoms with Crippen molar-refractivity contribution in [1.82, 2.24) is 4.90 Å². The molecule has 226 valence electrons. The summed E-state index contributed by atoms with van der Waals surface area (Å²) in [6.07, 6.45) is 3.46. The first kappa shape index (κ1) is 30.3. The quantitative estimate of drug-likeness (QED) is 0.300. The van der Waals surface area contributed by atoms with E-state index in [0.717, 1.165) is 12.8 Å². The molecular weight excluding hydrogens is 558 g/mol. The largest absolute Gasteiger partial charge is 0.494 e. The number of aliphatic hydroxyl groups excluding tert-OH is 1. The van der Waals surface area contributed by atoms with E-state index in [2.05, 4.69) is 10.6 Å². The van der Waals surface area contributed by atoms with E-state index in [0.29, 0.717) is 54.6 Å². The van der Waals surface area contributed by atoms with Crippen LogP contribution in [0.1, 0.15) is 52.9 Å². The zero-order chi connectivity index (χ0) is 30.1. The highest BCUT2D eigenvalue weighted by Gasteiger charge is 2.79. The number of halogens is 1. The maximum atomic E-state index is 14.3. The van der Waals surface area contributed by atoms with Crippen LogP contribution in [0.25, 0.3) is 0 Å². The summed E-state index contributed by atoms with van der Waals surface area (Å²) in [6, 6.07) is 13.2. The van der Waals surface area contributed by atoms with Gasteiger partial charge in [0.1, 0.15) is 17.4 Å². The summed E-state index contributed by atoms with van der Waals surface area (Å²) in [5, 5.41) is 15.5. The average Bonchev–Trinajstić information content (AvgIpc) is 3.47. The minimum atomic E-state index is -1.15.